The van der Waals surface area contributed by atoms with Gasteiger partial charge in [-0.1, -0.05) is 19.4 Å². The molecule has 1 aromatic rings. The molecule has 6 heteroatoms. The molecule has 0 radical (unpaired) electrons. The van der Waals surface area contributed by atoms with Gasteiger partial charge in [0, 0.05) is 19.3 Å². The van der Waals surface area contributed by atoms with Crippen molar-refractivity contribution in [3.63, 3.8) is 0 Å². The maximum Gasteiger partial charge on any atom is 0.177 e. The number of rotatable bonds is 7. The molecular formula is C13H22N2O3S. The Labute approximate surface area is 115 Å². The van der Waals surface area contributed by atoms with Crippen molar-refractivity contribution in [3.8, 4) is 0 Å². The quantitative estimate of drug-likeness (QED) is 0.738. The van der Waals surface area contributed by atoms with Crippen LogP contribution >= 0.6 is 0 Å². The summed E-state index contributed by atoms with van der Waals surface area (Å²) in [7, 11) is -3.34. The fourth-order valence-corrected chi connectivity index (χ4v) is 2.78. The SMILES string of the molecule is CCCCN(CCO)c1cccc(S(C)(=O)=O)c1N. The normalized spacial score (nSPS) is 11.5. The van der Waals surface area contributed by atoms with Crippen molar-refractivity contribution >= 4 is 21.2 Å². The maximum atomic E-state index is 11.7. The van der Waals surface area contributed by atoms with Crippen LogP contribution in [0.3, 0.4) is 0 Å². The number of nitrogens with two attached hydrogens (primary N) is 1. The van der Waals surface area contributed by atoms with Crippen molar-refractivity contribution in [2.75, 3.05) is 36.6 Å². The molecule has 0 aliphatic carbocycles. The number of para-hydroxylation sites is 1. The molecule has 0 saturated heterocycles. The Hall–Kier alpha value is -1.27. The second-order valence-corrected chi connectivity index (χ2v) is 6.51. The van der Waals surface area contributed by atoms with Crippen LogP contribution in [0.15, 0.2) is 23.1 Å². The van der Waals surface area contributed by atoms with Crippen molar-refractivity contribution in [3.05, 3.63) is 18.2 Å². The summed E-state index contributed by atoms with van der Waals surface area (Å²) in [5.74, 6) is 0. The highest BCUT2D eigenvalue weighted by atomic mass is 32.2. The molecule has 0 atom stereocenters. The van der Waals surface area contributed by atoms with Crippen LogP contribution in [0.25, 0.3) is 0 Å². The minimum Gasteiger partial charge on any atom is -0.396 e. The van der Waals surface area contributed by atoms with E-state index in [1.165, 1.54) is 6.07 Å². The van der Waals surface area contributed by atoms with E-state index in [1.54, 1.807) is 12.1 Å². The number of anilines is 2. The Morgan fingerprint density at radius 3 is 2.53 bits per heavy atom. The molecule has 0 aliphatic rings. The van der Waals surface area contributed by atoms with E-state index in [1.807, 2.05) is 4.90 Å². The molecule has 1 rings (SSSR count). The summed E-state index contributed by atoms with van der Waals surface area (Å²) in [6.45, 7) is 3.27. The molecule has 0 aliphatic heterocycles. The van der Waals surface area contributed by atoms with Gasteiger partial charge in [0.15, 0.2) is 9.84 Å². The van der Waals surface area contributed by atoms with Crippen LogP contribution < -0.4 is 10.6 Å². The first-order valence-corrected chi connectivity index (χ1v) is 8.25. The lowest BCUT2D eigenvalue weighted by Crippen LogP contribution is -2.28. The highest BCUT2D eigenvalue weighted by Gasteiger charge is 2.17. The number of hydrogen-bond donors (Lipinski definition) is 2. The van der Waals surface area contributed by atoms with Gasteiger partial charge in [-0.05, 0) is 18.6 Å². The van der Waals surface area contributed by atoms with Gasteiger partial charge >= 0.3 is 0 Å². The van der Waals surface area contributed by atoms with E-state index in [0.29, 0.717) is 12.2 Å². The Kier molecular flexibility index (Phi) is 5.62. The Morgan fingerprint density at radius 2 is 2.00 bits per heavy atom. The molecule has 0 bridgehead atoms. The lowest BCUT2D eigenvalue weighted by molar-refractivity contribution is 0.301. The summed E-state index contributed by atoms with van der Waals surface area (Å²) < 4.78 is 23.3. The molecule has 0 fully saturated rings. The van der Waals surface area contributed by atoms with Crippen LogP contribution in [0, 0.1) is 0 Å². The van der Waals surface area contributed by atoms with E-state index in [0.717, 1.165) is 25.6 Å². The van der Waals surface area contributed by atoms with Gasteiger partial charge in [0.1, 0.15) is 0 Å². The standard InChI is InChI=1S/C13H22N2O3S/c1-3-4-8-15(9-10-16)11-6-5-7-12(13(11)14)19(2,17)18/h5-7,16H,3-4,8-10,14H2,1-2H3. The number of nitrogens with zero attached hydrogens (tertiary/aromatic N) is 1. The molecule has 0 amide bonds. The summed E-state index contributed by atoms with van der Waals surface area (Å²) in [6.07, 6.45) is 3.13. The smallest absolute Gasteiger partial charge is 0.177 e. The number of hydrogen-bond acceptors (Lipinski definition) is 5. The van der Waals surface area contributed by atoms with Gasteiger partial charge < -0.3 is 15.7 Å². The summed E-state index contributed by atoms with van der Waals surface area (Å²) in [5, 5.41) is 9.12. The minimum absolute atomic E-state index is 0.00621. The molecule has 0 saturated carbocycles. The third-order valence-electron chi connectivity index (χ3n) is 2.93. The van der Waals surface area contributed by atoms with E-state index >= 15 is 0 Å². The van der Waals surface area contributed by atoms with Gasteiger partial charge in [0.25, 0.3) is 0 Å². The molecule has 1 aromatic carbocycles. The zero-order valence-electron chi connectivity index (χ0n) is 11.5. The lowest BCUT2D eigenvalue weighted by atomic mass is 10.2. The van der Waals surface area contributed by atoms with E-state index in [2.05, 4.69) is 6.92 Å². The molecule has 19 heavy (non-hydrogen) atoms. The summed E-state index contributed by atoms with van der Waals surface area (Å²) >= 11 is 0. The fourth-order valence-electron chi connectivity index (χ4n) is 1.95. The van der Waals surface area contributed by atoms with Crippen molar-refractivity contribution in [2.24, 2.45) is 0 Å². The summed E-state index contributed by atoms with van der Waals surface area (Å²) in [5.41, 5.74) is 6.90. The molecule has 5 nitrogen and oxygen atoms in total. The molecule has 0 aromatic heterocycles. The molecule has 0 unspecified atom stereocenters. The Balaban J connectivity index is 3.16. The molecule has 108 valence electrons. The monoisotopic (exact) mass is 286 g/mol. The van der Waals surface area contributed by atoms with Crippen LogP contribution in [-0.2, 0) is 9.84 Å². The summed E-state index contributed by atoms with van der Waals surface area (Å²) in [6, 6.07) is 4.97. The van der Waals surface area contributed by atoms with Crippen molar-refractivity contribution < 1.29 is 13.5 Å². The third-order valence-corrected chi connectivity index (χ3v) is 4.09. The van der Waals surface area contributed by atoms with Gasteiger partial charge in [-0.25, -0.2) is 8.42 Å². The highest BCUT2D eigenvalue weighted by Crippen LogP contribution is 2.29. The van der Waals surface area contributed by atoms with E-state index in [9.17, 15) is 8.42 Å². The number of benzene rings is 1. The molecule has 0 spiro atoms. The van der Waals surface area contributed by atoms with Crippen LogP contribution in [0.5, 0.6) is 0 Å². The fraction of sp³-hybridized carbons (Fsp3) is 0.538. The number of aliphatic hydroxyl groups excluding tert-OH is 1. The maximum absolute atomic E-state index is 11.7. The minimum atomic E-state index is -3.34. The zero-order valence-corrected chi connectivity index (χ0v) is 12.3. The van der Waals surface area contributed by atoms with Crippen molar-refractivity contribution in [1.29, 1.82) is 0 Å². The predicted octanol–water partition coefficient (Wildman–Crippen LogP) is 1.27. The average Bonchev–Trinajstić information content (AvgIpc) is 2.33. The number of sulfone groups is 1. The van der Waals surface area contributed by atoms with Crippen LogP contribution in [-0.4, -0.2) is 39.5 Å². The van der Waals surface area contributed by atoms with E-state index < -0.39 is 9.84 Å². The first-order chi connectivity index (χ1) is 8.91. The van der Waals surface area contributed by atoms with Crippen LogP contribution in [0.4, 0.5) is 11.4 Å². The second-order valence-electron chi connectivity index (χ2n) is 4.53. The predicted molar refractivity (Wildman–Crippen MR) is 78.2 cm³/mol. The highest BCUT2D eigenvalue weighted by molar-refractivity contribution is 7.90. The number of nitrogen functional groups attached to an aromatic ring is 1. The van der Waals surface area contributed by atoms with Crippen molar-refractivity contribution in [1.82, 2.24) is 0 Å². The van der Waals surface area contributed by atoms with Gasteiger partial charge in [-0.3, -0.25) is 0 Å². The van der Waals surface area contributed by atoms with E-state index in [4.69, 9.17) is 10.8 Å². The number of unbranched alkanes of at least 4 members (excludes halogenated alkanes) is 1. The van der Waals surface area contributed by atoms with Crippen LogP contribution in [0.1, 0.15) is 19.8 Å². The van der Waals surface area contributed by atoms with E-state index in [-0.39, 0.29) is 17.2 Å². The third kappa shape index (κ3) is 4.11. The van der Waals surface area contributed by atoms with Gasteiger partial charge in [-0.15, -0.1) is 0 Å². The van der Waals surface area contributed by atoms with Crippen LogP contribution in [0.2, 0.25) is 0 Å². The second kappa shape index (κ2) is 6.77. The largest absolute Gasteiger partial charge is 0.396 e. The van der Waals surface area contributed by atoms with Gasteiger partial charge in [0.2, 0.25) is 0 Å². The first kappa shape index (κ1) is 15.8. The molecular weight excluding hydrogens is 264 g/mol. The van der Waals surface area contributed by atoms with Gasteiger partial charge in [0.05, 0.1) is 22.9 Å². The topological polar surface area (TPSA) is 83.6 Å². The number of aliphatic hydroxyl groups is 1. The summed E-state index contributed by atoms with van der Waals surface area (Å²) in [4.78, 5) is 2.07. The first-order valence-electron chi connectivity index (χ1n) is 6.36. The molecule has 3 N–H and O–H groups in total. The lowest BCUT2D eigenvalue weighted by Gasteiger charge is -2.26. The average molecular weight is 286 g/mol. The van der Waals surface area contributed by atoms with Crippen molar-refractivity contribution in [2.45, 2.75) is 24.7 Å². The van der Waals surface area contributed by atoms with Gasteiger partial charge in [-0.2, -0.15) is 0 Å². The Morgan fingerprint density at radius 1 is 1.32 bits per heavy atom. The Bertz CT molecular complexity index is 515. The molecule has 0 heterocycles. The zero-order chi connectivity index (χ0) is 14.5.